The molecule has 1 amide bonds. The third-order valence-electron chi connectivity index (χ3n) is 6.96. The average Bonchev–Trinajstić information content (AvgIpc) is 2.87. The van der Waals surface area contributed by atoms with Gasteiger partial charge in [-0.25, -0.2) is 9.37 Å². The van der Waals surface area contributed by atoms with E-state index in [0.29, 0.717) is 43.5 Å². The van der Waals surface area contributed by atoms with Gasteiger partial charge >= 0.3 is 0 Å². The Balaban J connectivity index is 1.52. The number of piperazine rings is 1. The summed E-state index contributed by atoms with van der Waals surface area (Å²) >= 11 is 0. The van der Waals surface area contributed by atoms with Crippen molar-refractivity contribution in [2.75, 3.05) is 36.4 Å². The van der Waals surface area contributed by atoms with Gasteiger partial charge in [-0.2, -0.15) is 4.98 Å². The summed E-state index contributed by atoms with van der Waals surface area (Å²) in [5.41, 5.74) is 1.74. The Hall–Kier alpha value is -3.75. The highest BCUT2D eigenvalue weighted by Gasteiger charge is 2.22. The summed E-state index contributed by atoms with van der Waals surface area (Å²) in [6.07, 6.45) is 3.00. The van der Waals surface area contributed by atoms with Gasteiger partial charge in [0.1, 0.15) is 11.5 Å². The lowest BCUT2D eigenvalue weighted by atomic mass is 10.1. The number of hydrogen-bond donors (Lipinski definition) is 1. The number of nitrogens with one attached hydrogen (secondary N) is 1. The minimum atomic E-state index is -0.316. The van der Waals surface area contributed by atoms with E-state index >= 15 is 4.39 Å². The summed E-state index contributed by atoms with van der Waals surface area (Å²) in [5.74, 6) is 0.212. The molecular formula is C27H33FN6O2. The van der Waals surface area contributed by atoms with E-state index in [4.69, 9.17) is 0 Å². The Morgan fingerprint density at radius 3 is 2.47 bits per heavy atom. The van der Waals surface area contributed by atoms with Gasteiger partial charge in [-0.05, 0) is 49.6 Å². The Morgan fingerprint density at radius 2 is 1.83 bits per heavy atom. The maximum atomic E-state index is 15.1. The zero-order valence-electron chi connectivity index (χ0n) is 21.2. The van der Waals surface area contributed by atoms with Crippen molar-refractivity contribution in [1.29, 1.82) is 0 Å². The standard InChI is InChI=1S/C27H33FN6O2/c1-6-24(35)33-13-11-32(12-14-33)23-9-7-20(15-22(23)28)18(4)30-27-29-16-21-8-10-25(36)34(26(21)31-27)19(5)17(2)3/h6-10,15-19H,1,11-14H2,2-5H3,(H,29,30,31). The first-order valence-corrected chi connectivity index (χ1v) is 12.3. The molecule has 2 atom stereocenters. The summed E-state index contributed by atoms with van der Waals surface area (Å²) < 4.78 is 16.8. The molecule has 0 bridgehead atoms. The average molecular weight is 493 g/mol. The van der Waals surface area contributed by atoms with Gasteiger partial charge in [-0.1, -0.05) is 26.5 Å². The summed E-state index contributed by atoms with van der Waals surface area (Å²) in [6, 6.07) is 8.16. The SMILES string of the molecule is C=CC(=O)N1CCN(c2ccc(C(C)Nc3ncc4ccc(=O)n(C(C)C(C)C)c4n3)cc2F)CC1. The number of carbonyl (C=O) groups is 1. The van der Waals surface area contributed by atoms with Gasteiger partial charge in [0.15, 0.2) is 0 Å². The molecule has 2 unspecified atom stereocenters. The molecule has 1 aliphatic rings. The molecule has 190 valence electrons. The smallest absolute Gasteiger partial charge is 0.252 e. The number of fused-ring (bicyclic) bond motifs is 1. The van der Waals surface area contributed by atoms with Crippen molar-refractivity contribution >= 4 is 28.6 Å². The van der Waals surface area contributed by atoms with Crippen molar-refractivity contribution in [3.63, 3.8) is 0 Å². The van der Waals surface area contributed by atoms with E-state index in [1.807, 2.05) is 24.8 Å². The molecule has 9 heteroatoms. The predicted octanol–water partition coefficient (Wildman–Crippen LogP) is 4.16. The third kappa shape index (κ3) is 5.10. The van der Waals surface area contributed by atoms with Crippen LogP contribution in [0.3, 0.4) is 0 Å². The second-order valence-electron chi connectivity index (χ2n) is 9.59. The first-order valence-electron chi connectivity index (χ1n) is 12.3. The van der Waals surface area contributed by atoms with E-state index in [-0.39, 0.29) is 35.3 Å². The first kappa shape index (κ1) is 25.3. The molecule has 1 aliphatic heterocycles. The Kier molecular flexibility index (Phi) is 7.37. The topological polar surface area (TPSA) is 83.4 Å². The number of halogens is 1. The summed E-state index contributed by atoms with van der Waals surface area (Å²) in [5, 5.41) is 4.03. The quantitative estimate of drug-likeness (QED) is 0.499. The number of amides is 1. The lowest BCUT2D eigenvalue weighted by Gasteiger charge is -2.36. The van der Waals surface area contributed by atoms with E-state index in [9.17, 15) is 9.59 Å². The van der Waals surface area contributed by atoms with Crippen molar-refractivity contribution in [2.24, 2.45) is 5.92 Å². The lowest BCUT2D eigenvalue weighted by molar-refractivity contribution is -0.126. The number of aromatic nitrogens is 3. The second-order valence-corrected chi connectivity index (χ2v) is 9.59. The number of carbonyl (C=O) groups excluding carboxylic acids is 1. The van der Waals surface area contributed by atoms with E-state index in [0.717, 1.165) is 10.9 Å². The first-order chi connectivity index (χ1) is 17.2. The fourth-order valence-electron chi connectivity index (χ4n) is 4.42. The van der Waals surface area contributed by atoms with Crippen molar-refractivity contribution in [1.82, 2.24) is 19.4 Å². The van der Waals surface area contributed by atoms with Crippen LogP contribution in [0.1, 0.15) is 45.3 Å². The molecule has 8 nitrogen and oxygen atoms in total. The maximum Gasteiger partial charge on any atom is 0.252 e. The number of benzene rings is 1. The number of pyridine rings is 1. The Labute approximate surface area is 210 Å². The number of anilines is 2. The largest absolute Gasteiger partial charge is 0.366 e. The Bertz CT molecular complexity index is 1330. The van der Waals surface area contributed by atoms with Crippen LogP contribution in [0.5, 0.6) is 0 Å². The molecular weight excluding hydrogens is 459 g/mol. The monoisotopic (exact) mass is 492 g/mol. The van der Waals surface area contributed by atoms with Crippen LogP contribution in [0.4, 0.5) is 16.0 Å². The van der Waals surface area contributed by atoms with Crippen LogP contribution in [-0.2, 0) is 4.79 Å². The summed E-state index contributed by atoms with van der Waals surface area (Å²) in [4.78, 5) is 37.1. The molecule has 0 saturated carbocycles. The molecule has 1 fully saturated rings. The van der Waals surface area contributed by atoms with Crippen molar-refractivity contribution in [3.05, 3.63) is 70.9 Å². The van der Waals surface area contributed by atoms with Gasteiger partial charge in [-0.15, -0.1) is 0 Å². The zero-order chi connectivity index (χ0) is 26.0. The van der Waals surface area contributed by atoms with E-state index < -0.39 is 0 Å². The van der Waals surface area contributed by atoms with Gasteiger partial charge in [0.25, 0.3) is 5.56 Å². The van der Waals surface area contributed by atoms with Crippen molar-refractivity contribution in [2.45, 2.75) is 39.8 Å². The van der Waals surface area contributed by atoms with Gasteiger partial charge in [0.05, 0.1) is 11.7 Å². The maximum absolute atomic E-state index is 15.1. The molecule has 0 aliphatic carbocycles. The number of rotatable bonds is 7. The molecule has 3 aromatic rings. The van der Waals surface area contributed by atoms with Crippen LogP contribution in [0.15, 0.2) is 54.0 Å². The molecule has 1 N–H and O–H groups in total. The van der Waals surface area contributed by atoms with E-state index in [2.05, 4.69) is 35.7 Å². The zero-order valence-corrected chi connectivity index (χ0v) is 21.2. The normalized spacial score (nSPS) is 15.7. The van der Waals surface area contributed by atoms with E-state index in [1.165, 1.54) is 12.1 Å². The summed E-state index contributed by atoms with van der Waals surface area (Å²) in [6.45, 7) is 13.8. The molecule has 1 aromatic carbocycles. The molecule has 36 heavy (non-hydrogen) atoms. The van der Waals surface area contributed by atoms with Crippen LogP contribution >= 0.6 is 0 Å². The number of hydrogen-bond acceptors (Lipinski definition) is 6. The molecule has 0 spiro atoms. The van der Waals surface area contributed by atoms with Crippen molar-refractivity contribution in [3.8, 4) is 0 Å². The van der Waals surface area contributed by atoms with Crippen LogP contribution < -0.4 is 15.8 Å². The lowest BCUT2D eigenvalue weighted by Crippen LogP contribution is -2.48. The van der Waals surface area contributed by atoms with Crippen molar-refractivity contribution < 1.29 is 9.18 Å². The fraction of sp³-hybridized carbons (Fsp3) is 0.407. The molecule has 1 saturated heterocycles. The minimum absolute atomic E-state index is 0.0280. The molecule has 2 aromatic heterocycles. The van der Waals surface area contributed by atoms with Crippen LogP contribution in [0, 0.1) is 11.7 Å². The number of nitrogens with zero attached hydrogens (tertiary/aromatic N) is 5. The van der Waals surface area contributed by atoms with Crippen LogP contribution in [-0.4, -0.2) is 51.5 Å². The molecule has 0 radical (unpaired) electrons. The van der Waals surface area contributed by atoms with Crippen LogP contribution in [0.2, 0.25) is 0 Å². The van der Waals surface area contributed by atoms with Gasteiger partial charge in [0.2, 0.25) is 11.9 Å². The highest BCUT2D eigenvalue weighted by molar-refractivity contribution is 5.87. The second kappa shape index (κ2) is 10.5. The van der Waals surface area contributed by atoms with Gasteiger partial charge in [-0.3, -0.25) is 14.2 Å². The predicted molar refractivity (Wildman–Crippen MR) is 141 cm³/mol. The van der Waals surface area contributed by atoms with E-state index in [1.54, 1.807) is 33.9 Å². The highest BCUT2D eigenvalue weighted by Crippen LogP contribution is 2.27. The minimum Gasteiger partial charge on any atom is -0.366 e. The van der Waals surface area contributed by atoms with Gasteiger partial charge < -0.3 is 15.1 Å². The van der Waals surface area contributed by atoms with Crippen LogP contribution in [0.25, 0.3) is 11.0 Å². The Morgan fingerprint density at radius 1 is 1.11 bits per heavy atom. The third-order valence-corrected chi connectivity index (χ3v) is 6.96. The fourth-order valence-corrected chi connectivity index (χ4v) is 4.42. The molecule has 3 heterocycles. The van der Waals surface area contributed by atoms with Gasteiger partial charge in [0, 0.05) is 49.9 Å². The molecule has 4 rings (SSSR count). The highest BCUT2D eigenvalue weighted by atomic mass is 19.1. The summed E-state index contributed by atoms with van der Waals surface area (Å²) in [7, 11) is 0.